The molecule has 0 aliphatic heterocycles. The van der Waals surface area contributed by atoms with Crippen LogP contribution in [0.3, 0.4) is 0 Å². The molecule has 0 aliphatic rings. The van der Waals surface area contributed by atoms with Crippen LogP contribution >= 0.6 is 0 Å². The SMILES string of the molecule is C=C/C(CC)=C(F)\C=C/CF. The van der Waals surface area contributed by atoms with E-state index in [1.165, 1.54) is 6.08 Å². The topological polar surface area (TPSA) is 0 Å². The molecule has 0 aromatic carbocycles. The van der Waals surface area contributed by atoms with Crippen molar-refractivity contribution in [2.24, 2.45) is 0 Å². The molecule has 0 atom stereocenters. The second kappa shape index (κ2) is 5.83. The van der Waals surface area contributed by atoms with Gasteiger partial charge in [0.1, 0.15) is 12.5 Å². The Labute approximate surface area is 65.9 Å². The Bertz CT molecular complexity index is 178. The summed E-state index contributed by atoms with van der Waals surface area (Å²) in [6, 6.07) is 0. The van der Waals surface area contributed by atoms with E-state index < -0.39 is 12.5 Å². The Balaban J connectivity index is 4.34. The summed E-state index contributed by atoms with van der Waals surface area (Å²) in [5, 5.41) is 0. The largest absolute Gasteiger partial charge is 0.247 e. The van der Waals surface area contributed by atoms with Gasteiger partial charge < -0.3 is 0 Å². The van der Waals surface area contributed by atoms with Crippen LogP contribution in [0.4, 0.5) is 8.78 Å². The molecular formula is C9H12F2. The minimum atomic E-state index is -0.637. The number of halogens is 2. The monoisotopic (exact) mass is 158 g/mol. The molecule has 0 nitrogen and oxygen atoms in total. The van der Waals surface area contributed by atoms with E-state index in [0.29, 0.717) is 12.0 Å². The van der Waals surface area contributed by atoms with Gasteiger partial charge in [0, 0.05) is 0 Å². The van der Waals surface area contributed by atoms with Gasteiger partial charge in [-0.25, -0.2) is 8.78 Å². The first-order valence-electron chi connectivity index (χ1n) is 3.49. The third-order valence-electron chi connectivity index (χ3n) is 1.29. The molecule has 0 bridgehead atoms. The Morgan fingerprint density at radius 1 is 1.55 bits per heavy atom. The number of hydrogen-bond acceptors (Lipinski definition) is 0. The third-order valence-corrected chi connectivity index (χ3v) is 1.29. The average molecular weight is 158 g/mol. The van der Waals surface area contributed by atoms with Crippen molar-refractivity contribution in [3.05, 3.63) is 36.2 Å². The maximum absolute atomic E-state index is 12.8. The summed E-state index contributed by atoms with van der Waals surface area (Å²) in [5.41, 5.74) is 0.509. The molecule has 11 heavy (non-hydrogen) atoms. The number of allylic oxidation sites excluding steroid dienone is 5. The van der Waals surface area contributed by atoms with Gasteiger partial charge in [0.05, 0.1) is 0 Å². The predicted octanol–water partition coefficient (Wildman–Crippen LogP) is 3.33. The van der Waals surface area contributed by atoms with Crippen molar-refractivity contribution < 1.29 is 8.78 Å². The zero-order chi connectivity index (χ0) is 8.69. The van der Waals surface area contributed by atoms with E-state index in [2.05, 4.69) is 6.58 Å². The first kappa shape index (κ1) is 10.1. The zero-order valence-electron chi connectivity index (χ0n) is 6.61. The quantitative estimate of drug-likeness (QED) is 0.550. The van der Waals surface area contributed by atoms with Crippen molar-refractivity contribution in [3.63, 3.8) is 0 Å². The normalized spacial score (nSPS) is 13.4. The summed E-state index contributed by atoms with van der Waals surface area (Å²) in [5.74, 6) is -0.403. The molecule has 62 valence electrons. The van der Waals surface area contributed by atoms with Crippen LogP contribution in [0.15, 0.2) is 36.2 Å². The van der Waals surface area contributed by atoms with E-state index in [1.807, 2.05) is 6.92 Å². The molecule has 0 N–H and O–H groups in total. The molecule has 0 fully saturated rings. The summed E-state index contributed by atoms with van der Waals surface area (Å²) < 4.78 is 24.3. The fourth-order valence-electron chi connectivity index (χ4n) is 0.666. The van der Waals surface area contributed by atoms with Gasteiger partial charge in [-0.1, -0.05) is 25.7 Å². The van der Waals surface area contributed by atoms with E-state index in [1.54, 1.807) is 0 Å². The third kappa shape index (κ3) is 3.71. The highest BCUT2D eigenvalue weighted by Crippen LogP contribution is 2.12. The lowest BCUT2D eigenvalue weighted by Crippen LogP contribution is -1.78. The van der Waals surface area contributed by atoms with Gasteiger partial charge in [0.2, 0.25) is 0 Å². The van der Waals surface area contributed by atoms with Gasteiger partial charge in [-0.2, -0.15) is 0 Å². The lowest BCUT2D eigenvalue weighted by atomic mass is 10.2. The Kier molecular flexibility index (Phi) is 5.35. The molecule has 0 heterocycles. The highest BCUT2D eigenvalue weighted by molar-refractivity contribution is 5.26. The summed E-state index contributed by atoms with van der Waals surface area (Å²) >= 11 is 0. The summed E-state index contributed by atoms with van der Waals surface area (Å²) in [4.78, 5) is 0. The summed E-state index contributed by atoms with van der Waals surface area (Å²) in [6.45, 7) is 4.62. The molecule has 0 saturated carbocycles. The molecular weight excluding hydrogens is 146 g/mol. The standard InChI is InChI=1S/C9H12F2/c1-3-8(4-2)9(11)6-5-7-10/h3,5-6H,1,4,7H2,2H3/b6-5-,9-8-. The van der Waals surface area contributed by atoms with Gasteiger partial charge in [-0.3, -0.25) is 0 Å². The van der Waals surface area contributed by atoms with E-state index in [9.17, 15) is 8.78 Å². The molecule has 0 amide bonds. The molecule has 0 rings (SSSR count). The first-order valence-corrected chi connectivity index (χ1v) is 3.49. The lowest BCUT2D eigenvalue weighted by Gasteiger charge is -1.95. The maximum Gasteiger partial charge on any atom is 0.126 e. The van der Waals surface area contributed by atoms with Crippen LogP contribution < -0.4 is 0 Å². The molecule has 0 radical (unpaired) electrons. The van der Waals surface area contributed by atoms with Gasteiger partial charge in [-0.15, -0.1) is 0 Å². The smallest absolute Gasteiger partial charge is 0.126 e. The predicted molar refractivity (Wildman–Crippen MR) is 43.7 cm³/mol. The van der Waals surface area contributed by atoms with Crippen molar-refractivity contribution in [1.29, 1.82) is 0 Å². The summed E-state index contributed by atoms with van der Waals surface area (Å²) in [7, 11) is 0. The van der Waals surface area contributed by atoms with Crippen LogP contribution in [-0.4, -0.2) is 6.67 Å². The van der Waals surface area contributed by atoms with Crippen molar-refractivity contribution >= 4 is 0 Å². The summed E-state index contributed by atoms with van der Waals surface area (Å²) in [6.07, 6.45) is 4.28. The van der Waals surface area contributed by atoms with Crippen molar-refractivity contribution in [2.45, 2.75) is 13.3 Å². The van der Waals surface area contributed by atoms with E-state index in [0.717, 1.165) is 12.2 Å². The first-order chi connectivity index (χ1) is 5.26. The highest BCUT2D eigenvalue weighted by atomic mass is 19.1. The Hall–Kier alpha value is -0.920. The molecule has 2 heteroatoms. The van der Waals surface area contributed by atoms with Crippen LogP contribution in [0.2, 0.25) is 0 Å². The molecule has 0 saturated heterocycles. The zero-order valence-corrected chi connectivity index (χ0v) is 6.61. The fourth-order valence-corrected chi connectivity index (χ4v) is 0.666. The minimum Gasteiger partial charge on any atom is -0.247 e. The average Bonchev–Trinajstić information content (AvgIpc) is 2.03. The Morgan fingerprint density at radius 3 is 2.55 bits per heavy atom. The minimum absolute atomic E-state index is 0.403. The van der Waals surface area contributed by atoms with Gasteiger partial charge in [-0.05, 0) is 18.1 Å². The molecule has 0 aromatic rings. The van der Waals surface area contributed by atoms with Gasteiger partial charge >= 0.3 is 0 Å². The number of rotatable bonds is 4. The molecule has 0 aromatic heterocycles. The molecule has 0 spiro atoms. The van der Waals surface area contributed by atoms with Crippen LogP contribution in [0, 0.1) is 0 Å². The van der Waals surface area contributed by atoms with Gasteiger partial charge in [0.15, 0.2) is 0 Å². The number of hydrogen-bond donors (Lipinski definition) is 0. The van der Waals surface area contributed by atoms with Crippen LogP contribution in [0.1, 0.15) is 13.3 Å². The van der Waals surface area contributed by atoms with Crippen LogP contribution in [0.5, 0.6) is 0 Å². The van der Waals surface area contributed by atoms with Crippen molar-refractivity contribution in [3.8, 4) is 0 Å². The second-order valence-electron chi connectivity index (χ2n) is 1.99. The van der Waals surface area contributed by atoms with Crippen LogP contribution in [0.25, 0.3) is 0 Å². The second-order valence-corrected chi connectivity index (χ2v) is 1.99. The fraction of sp³-hybridized carbons (Fsp3) is 0.333. The van der Waals surface area contributed by atoms with E-state index in [4.69, 9.17) is 0 Å². The van der Waals surface area contributed by atoms with Crippen LogP contribution in [-0.2, 0) is 0 Å². The van der Waals surface area contributed by atoms with E-state index in [-0.39, 0.29) is 0 Å². The molecule has 0 unspecified atom stereocenters. The maximum atomic E-state index is 12.8. The highest BCUT2D eigenvalue weighted by Gasteiger charge is 1.94. The lowest BCUT2D eigenvalue weighted by molar-refractivity contribution is 0.559. The Morgan fingerprint density at radius 2 is 2.18 bits per heavy atom. The number of alkyl halides is 1. The van der Waals surface area contributed by atoms with E-state index >= 15 is 0 Å². The van der Waals surface area contributed by atoms with Crippen molar-refractivity contribution in [2.75, 3.05) is 6.67 Å². The van der Waals surface area contributed by atoms with Gasteiger partial charge in [0.25, 0.3) is 0 Å². The van der Waals surface area contributed by atoms with Crippen molar-refractivity contribution in [1.82, 2.24) is 0 Å². The molecule has 0 aliphatic carbocycles.